The van der Waals surface area contributed by atoms with Crippen LogP contribution in [0.25, 0.3) is 0 Å². The minimum atomic E-state index is 0.0985. The maximum atomic E-state index is 10.5. The summed E-state index contributed by atoms with van der Waals surface area (Å²) in [5.74, 6) is 0. The van der Waals surface area contributed by atoms with E-state index >= 15 is 0 Å². The zero-order valence-electron chi connectivity index (χ0n) is 7.63. The zero-order chi connectivity index (χ0) is 10.1. The fraction of sp³-hybridized carbons (Fsp3) is 0.500. The molecule has 0 saturated heterocycles. The van der Waals surface area contributed by atoms with Crippen molar-refractivity contribution in [2.45, 2.75) is 29.9 Å². The molecule has 0 radical (unpaired) electrons. The molecular formula is C8H10ClNOS2. The number of carbonyl (C=O) groups is 1. The van der Waals surface area contributed by atoms with Gasteiger partial charge in [0.25, 0.3) is 0 Å². The highest BCUT2D eigenvalue weighted by molar-refractivity contribution is 8.02. The summed E-state index contributed by atoms with van der Waals surface area (Å²) in [6.07, 6.45) is 0.743. The largest absolute Gasteiger partial charge is 0.297 e. The highest BCUT2D eigenvalue weighted by Gasteiger charge is 2.16. The first-order valence-corrected chi connectivity index (χ1v) is 5.74. The van der Waals surface area contributed by atoms with Crippen LogP contribution in [0.1, 0.15) is 30.4 Å². The molecule has 0 bridgehead atoms. The predicted octanol–water partition coefficient (Wildman–Crippen LogP) is 3.50. The second-order valence-corrected chi connectivity index (χ2v) is 6.93. The first-order chi connectivity index (χ1) is 5.92. The fourth-order valence-electron chi connectivity index (χ4n) is 0.673. The van der Waals surface area contributed by atoms with Crippen LogP contribution in [0.3, 0.4) is 0 Å². The molecule has 0 amide bonds. The Morgan fingerprint density at radius 1 is 1.54 bits per heavy atom. The van der Waals surface area contributed by atoms with E-state index in [1.54, 1.807) is 11.8 Å². The fourth-order valence-corrected chi connectivity index (χ4v) is 3.37. The molecule has 1 heterocycles. The van der Waals surface area contributed by atoms with Gasteiger partial charge < -0.3 is 0 Å². The van der Waals surface area contributed by atoms with Crippen LogP contribution in [0.5, 0.6) is 0 Å². The highest BCUT2D eigenvalue weighted by atomic mass is 35.5. The topological polar surface area (TPSA) is 30.0 Å². The molecule has 0 aromatic carbocycles. The lowest BCUT2D eigenvalue weighted by molar-refractivity contribution is 0.112. The van der Waals surface area contributed by atoms with Crippen LogP contribution in [0.15, 0.2) is 4.34 Å². The molecule has 0 saturated carbocycles. The number of thioether (sulfide) groups is 1. The Kier molecular flexibility index (Phi) is 3.38. The van der Waals surface area contributed by atoms with E-state index in [1.165, 1.54) is 11.3 Å². The maximum Gasteiger partial charge on any atom is 0.163 e. The Bertz CT molecular complexity index is 316. The van der Waals surface area contributed by atoms with Crippen LogP contribution in [-0.2, 0) is 0 Å². The lowest BCUT2D eigenvalue weighted by Gasteiger charge is -2.14. The standard InChI is InChI=1S/C8H10ClNOS2/c1-8(2,3)13-7-10-6(9)5(4-11)12-7/h4H,1-3H3. The first-order valence-electron chi connectivity index (χ1n) is 3.73. The van der Waals surface area contributed by atoms with Gasteiger partial charge in [0, 0.05) is 4.75 Å². The van der Waals surface area contributed by atoms with Crippen LogP contribution in [0, 0.1) is 0 Å². The van der Waals surface area contributed by atoms with Gasteiger partial charge in [-0.05, 0) is 0 Å². The summed E-state index contributed by atoms with van der Waals surface area (Å²) in [5.41, 5.74) is 0. The first kappa shape index (κ1) is 11.0. The molecule has 0 spiro atoms. The molecule has 0 aliphatic carbocycles. The van der Waals surface area contributed by atoms with Crippen molar-refractivity contribution in [2.24, 2.45) is 0 Å². The van der Waals surface area contributed by atoms with Gasteiger partial charge >= 0.3 is 0 Å². The van der Waals surface area contributed by atoms with Crippen molar-refractivity contribution in [2.75, 3.05) is 0 Å². The van der Waals surface area contributed by atoms with E-state index in [0.29, 0.717) is 10.0 Å². The van der Waals surface area contributed by atoms with Gasteiger partial charge in [-0.1, -0.05) is 44.1 Å². The van der Waals surface area contributed by atoms with E-state index < -0.39 is 0 Å². The molecule has 0 aliphatic rings. The number of halogens is 1. The SMILES string of the molecule is CC(C)(C)Sc1nc(Cl)c(C=O)s1. The van der Waals surface area contributed by atoms with Crippen LogP contribution in [-0.4, -0.2) is 16.0 Å². The summed E-state index contributed by atoms with van der Waals surface area (Å²) >= 11 is 8.68. The van der Waals surface area contributed by atoms with Gasteiger partial charge in [0.2, 0.25) is 0 Å². The van der Waals surface area contributed by atoms with Gasteiger partial charge in [-0.15, -0.1) is 11.3 Å². The van der Waals surface area contributed by atoms with Crippen molar-refractivity contribution < 1.29 is 4.79 Å². The molecule has 0 fully saturated rings. The van der Waals surface area contributed by atoms with Crippen molar-refractivity contribution in [1.29, 1.82) is 0 Å². The van der Waals surface area contributed by atoms with Crippen LogP contribution < -0.4 is 0 Å². The van der Waals surface area contributed by atoms with Crippen molar-refractivity contribution >= 4 is 41.0 Å². The number of hydrogen-bond acceptors (Lipinski definition) is 4. The number of aldehydes is 1. The summed E-state index contributed by atoms with van der Waals surface area (Å²) in [4.78, 5) is 15.1. The number of aromatic nitrogens is 1. The molecule has 0 N–H and O–H groups in total. The quantitative estimate of drug-likeness (QED) is 0.581. The average Bonchev–Trinajstić information content (AvgIpc) is 2.26. The van der Waals surface area contributed by atoms with E-state index in [2.05, 4.69) is 25.8 Å². The lowest BCUT2D eigenvalue weighted by atomic mass is 10.3. The molecule has 0 unspecified atom stereocenters. The summed E-state index contributed by atoms with van der Waals surface area (Å²) in [7, 11) is 0. The van der Waals surface area contributed by atoms with Gasteiger partial charge in [0.1, 0.15) is 4.88 Å². The molecule has 1 rings (SSSR count). The number of nitrogens with zero attached hydrogens (tertiary/aromatic N) is 1. The second-order valence-electron chi connectivity index (χ2n) is 3.47. The van der Waals surface area contributed by atoms with Crippen molar-refractivity contribution in [1.82, 2.24) is 4.98 Å². The zero-order valence-corrected chi connectivity index (χ0v) is 10.0. The number of rotatable bonds is 2. The van der Waals surface area contributed by atoms with Gasteiger partial charge in [-0.2, -0.15) is 0 Å². The lowest BCUT2D eigenvalue weighted by Crippen LogP contribution is -2.06. The number of hydrogen-bond donors (Lipinski definition) is 0. The third-order valence-corrected chi connectivity index (χ3v) is 3.64. The Labute approximate surface area is 90.7 Å². The maximum absolute atomic E-state index is 10.5. The van der Waals surface area contributed by atoms with E-state index in [-0.39, 0.29) is 4.75 Å². The monoisotopic (exact) mass is 235 g/mol. The Morgan fingerprint density at radius 2 is 2.15 bits per heavy atom. The van der Waals surface area contributed by atoms with E-state index in [9.17, 15) is 4.79 Å². The molecule has 5 heteroatoms. The van der Waals surface area contributed by atoms with Crippen molar-refractivity contribution in [3.8, 4) is 0 Å². The Morgan fingerprint density at radius 3 is 2.54 bits per heavy atom. The number of carbonyl (C=O) groups excluding carboxylic acids is 1. The van der Waals surface area contributed by atoms with Crippen LogP contribution in [0.4, 0.5) is 0 Å². The molecule has 13 heavy (non-hydrogen) atoms. The van der Waals surface area contributed by atoms with E-state index in [0.717, 1.165) is 10.6 Å². The summed E-state index contributed by atoms with van der Waals surface area (Å²) in [6.45, 7) is 6.27. The van der Waals surface area contributed by atoms with E-state index in [4.69, 9.17) is 11.6 Å². The Balaban J connectivity index is 2.85. The smallest absolute Gasteiger partial charge is 0.163 e. The molecule has 2 nitrogen and oxygen atoms in total. The molecule has 0 atom stereocenters. The highest BCUT2D eigenvalue weighted by Crippen LogP contribution is 2.36. The van der Waals surface area contributed by atoms with Crippen LogP contribution in [0.2, 0.25) is 5.15 Å². The molecule has 72 valence electrons. The third kappa shape index (κ3) is 3.29. The Hall–Kier alpha value is -0.0600. The van der Waals surface area contributed by atoms with Gasteiger partial charge in [0.15, 0.2) is 15.8 Å². The molecule has 0 aliphatic heterocycles. The van der Waals surface area contributed by atoms with E-state index in [1.807, 2.05) is 0 Å². The van der Waals surface area contributed by atoms with Crippen molar-refractivity contribution in [3.63, 3.8) is 0 Å². The average molecular weight is 236 g/mol. The van der Waals surface area contributed by atoms with Crippen molar-refractivity contribution in [3.05, 3.63) is 10.0 Å². The molecule has 1 aromatic heterocycles. The second kappa shape index (κ2) is 3.98. The predicted molar refractivity (Wildman–Crippen MR) is 58.1 cm³/mol. The minimum absolute atomic E-state index is 0.0985. The summed E-state index contributed by atoms with van der Waals surface area (Å²) in [6, 6.07) is 0. The molecular weight excluding hydrogens is 226 g/mol. The van der Waals surface area contributed by atoms with Gasteiger partial charge in [-0.3, -0.25) is 4.79 Å². The minimum Gasteiger partial charge on any atom is -0.297 e. The third-order valence-electron chi connectivity index (χ3n) is 1.09. The number of thiazole rings is 1. The van der Waals surface area contributed by atoms with Gasteiger partial charge in [0.05, 0.1) is 0 Å². The van der Waals surface area contributed by atoms with Crippen LogP contribution >= 0.6 is 34.7 Å². The van der Waals surface area contributed by atoms with Gasteiger partial charge in [-0.25, -0.2) is 4.98 Å². The normalized spacial score (nSPS) is 11.7. The summed E-state index contributed by atoms with van der Waals surface area (Å²) < 4.78 is 0.945. The summed E-state index contributed by atoms with van der Waals surface area (Å²) in [5, 5.41) is 0.312. The molecule has 1 aromatic rings.